The van der Waals surface area contributed by atoms with Gasteiger partial charge in [0.15, 0.2) is 0 Å². The van der Waals surface area contributed by atoms with Gasteiger partial charge < -0.3 is 19.5 Å². The molecule has 1 aromatic carbocycles. The molecule has 0 saturated carbocycles. The van der Waals surface area contributed by atoms with Crippen molar-refractivity contribution in [2.24, 2.45) is 0 Å². The van der Waals surface area contributed by atoms with E-state index in [-0.39, 0.29) is 30.1 Å². The first kappa shape index (κ1) is 25.3. The molecule has 11 heteroatoms. The zero-order valence-electron chi connectivity index (χ0n) is 20.9. The Kier molecular flexibility index (Phi) is 6.98. The molecule has 198 valence electrons. The molecule has 0 aliphatic carbocycles. The highest BCUT2D eigenvalue weighted by molar-refractivity contribution is 5.77. The standard InChI is InChI=1S/C26H31F3N6O2/c1-17-14-34(24-30-12-21(13-31-24)26(27,28)29)15-18(2)35(17)25(36)32-22-5-8-33(9-6-22)16-19-3-4-23-20(11-19)7-10-37-23/h3-4,7,10-13,17-18,22H,5-6,8-9,14-16H2,1-2H3,(H,32,36)/t17-,18+. The van der Waals surface area contributed by atoms with Crippen LogP contribution in [0.5, 0.6) is 0 Å². The molecule has 2 saturated heterocycles. The van der Waals surface area contributed by atoms with Crippen molar-refractivity contribution in [2.75, 3.05) is 31.1 Å². The van der Waals surface area contributed by atoms with Gasteiger partial charge in [0.1, 0.15) is 5.58 Å². The van der Waals surface area contributed by atoms with Crippen molar-refractivity contribution >= 4 is 22.9 Å². The highest BCUT2D eigenvalue weighted by atomic mass is 19.4. The van der Waals surface area contributed by atoms with E-state index in [4.69, 9.17) is 4.42 Å². The number of piperidine rings is 1. The third-order valence-electron chi connectivity index (χ3n) is 7.24. The van der Waals surface area contributed by atoms with Crippen LogP contribution in [0, 0.1) is 0 Å². The topological polar surface area (TPSA) is 77.7 Å². The summed E-state index contributed by atoms with van der Waals surface area (Å²) in [5.41, 5.74) is 1.26. The molecule has 2 atom stereocenters. The fourth-order valence-corrected chi connectivity index (χ4v) is 5.37. The molecule has 5 rings (SSSR count). The number of urea groups is 1. The van der Waals surface area contributed by atoms with Crippen LogP contribution in [0.25, 0.3) is 11.0 Å². The number of benzene rings is 1. The van der Waals surface area contributed by atoms with Crippen molar-refractivity contribution in [3.63, 3.8) is 0 Å². The summed E-state index contributed by atoms with van der Waals surface area (Å²) in [5, 5.41) is 4.31. The van der Waals surface area contributed by atoms with Gasteiger partial charge in [-0.3, -0.25) is 4.90 Å². The first-order valence-electron chi connectivity index (χ1n) is 12.6. The highest BCUT2D eigenvalue weighted by Gasteiger charge is 2.36. The summed E-state index contributed by atoms with van der Waals surface area (Å²) in [7, 11) is 0. The number of carbonyl (C=O) groups is 1. The van der Waals surface area contributed by atoms with Gasteiger partial charge in [0, 0.05) is 68.6 Å². The molecule has 37 heavy (non-hydrogen) atoms. The van der Waals surface area contributed by atoms with Gasteiger partial charge in [-0.05, 0) is 50.5 Å². The number of hydrogen-bond donors (Lipinski definition) is 1. The van der Waals surface area contributed by atoms with Crippen LogP contribution in [0.4, 0.5) is 23.9 Å². The van der Waals surface area contributed by atoms with Crippen molar-refractivity contribution in [1.82, 2.24) is 25.1 Å². The average Bonchev–Trinajstić information content (AvgIpc) is 3.32. The number of hydrogen-bond acceptors (Lipinski definition) is 6. The van der Waals surface area contributed by atoms with E-state index in [1.807, 2.05) is 35.8 Å². The maximum Gasteiger partial charge on any atom is 0.419 e. The second-order valence-corrected chi connectivity index (χ2v) is 10.1. The van der Waals surface area contributed by atoms with E-state index in [1.54, 1.807) is 6.26 Å². The van der Waals surface area contributed by atoms with Crippen molar-refractivity contribution in [3.05, 3.63) is 54.0 Å². The van der Waals surface area contributed by atoms with Crippen LogP contribution in [0.3, 0.4) is 0 Å². The van der Waals surface area contributed by atoms with Gasteiger partial charge in [-0.25, -0.2) is 14.8 Å². The third-order valence-corrected chi connectivity index (χ3v) is 7.24. The lowest BCUT2D eigenvalue weighted by molar-refractivity contribution is -0.138. The minimum absolute atomic E-state index is 0.100. The Hall–Kier alpha value is -3.34. The number of aromatic nitrogens is 2. The number of carbonyl (C=O) groups excluding carboxylic acids is 1. The fraction of sp³-hybridized carbons (Fsp3) is 0.500. The number of amides is 2. The first-order chi connectivity index (χ1) is 17.7. The Morgan fingerprint density at radius 3 is 2.41 bits per heavy atom. The SMILES string of the molecule is C[C@@H]1CN(c2ncc(C(F)(F)F)cn2)C[C@H](C)N1C(=O)NC1CCN(Cc2ccc3occc3c2)CC1. The number of halogens is 3. The number of alkyl halides is 3. The van der Waals surface area contributed by atoms with Gasteiger partial charge >= 0.3 is 12.2 Å². The molecule has 0 unspecified atom stereocenters. The van der Waals surface area contributed by atoms with E-state index < -0.39 is 11.7 Å². The molecule has 4 heterocycles. The van der Waals surface area contributed by atoms with Gasteiger partial charge in [-0.15, -0.1) is 0 Å². The lowest BCUT2D eigenvalue weighted by Gasteiger charge is -2.45. The number of piperazine rings is 1. The summed E-state index contributed by atoms with van der Waals surface area (Å²) < 4.78 is 43.9. The minimum Gasteiger partial charge on any atom is -0.464 e. The van der Waals surface area contributed by atoms with Gasteiger partial charge in [0.2, 0.25) is 5.95 Å². The van der Waals surface area contributed by atoms with Crippen molar-refractivity contribution in [2.45, 2.75) is 57.5 Å². The predicted octanol–water partition coefficient (Wildman–Crippen LogP) is 4.51. The smallest absolute Gasteiger partial charge is 0.419 e. The zero-order chi connectivity index (χ0) is 26.2. The van der Waals surface area contributed by atoms with Crippen LogP contribution in [0.2, 0.25) is 0 Å². The van der Waals surface area contributed by atoms with E-state index in [1.165, 1.54) is 5.56 Å². The second kappa shape index (κ2) is 10.2. The lowest BCUT2D eigenvalue weighted by atomic mass is 10.0. The monoisotopic (exact) mass is 516 g/mol. The molecule has 2 aromatic heterocycles. The largest absolute Gasteiger partial charge is 0.464 e. The van der Waals surface area contributed by atoms with Crippen LogP contribution in [-0.4, -0.2) is 70.1 Å². The van der Waals surface area contributed by atoms with Crippen LogP contribution < -0.4 is 10.2 Å². The second-order valence-electron chi connectivity index (χ2n) is 10.1. The highest BCUT2D eigenvalue weighted by Crippen LogP contribution is 2.29. The number of furan rings is 1. The summed E-state index contributed by atoms with van der Waals surface area (Å²) in [6, 6.07) is 7.94. The van der Waals surface area contributed by atoms with Gasteiger partial charge in [-0.2, -0.15) is 13.2 Å². The minimum atomic E-state index is -4.47. The molecule has 2 fully saturated rings. The molecule has 0 radical (unpaired) electrons. The third kappa shape index (κ3) is 5.66. The van der Waals surface area contributed by atoms with Crippen LogP contribution in [0.15, 0.2) is 47.3 Å². The number of nitrogens with one attached hydrogen (secondary N) is 1. The molecule has 2 aliphatic heterocycles. The molecule has 2 amide bonds. The Labute approximate surface area is 213 Å². The summed E-state index contributed by atoms with van der Waals surface area (Å²) in [4.78, 5) is 27.1. The van der Waals surface area contributed by atoms with E-state index >= 15 is 0 Å². The summed E-state index contributed by atoms with van der Waals surface area (Å²) >= 11 is 0. The average molecular weight is 517 g/mol. The van der Waals surface area contributed by atoms with Crippen LogP contribution >= 0.6 is 0 Å². The Balaban J connectivity index is 1.12. The predicted molar refractivity (Wildman–Crippen MR) is 133 cm³/mol. The molecule has 0 spiro atoms. The number of likely N-dealkylation sites (tertiary alicyclic amines) is 1. The van der Waals surface area contributed by atoms with Crippen molar-refractivity contribution in [1.29, 1.82) is 0 Å². The van der Waals surface area contributed by atoms with Crippen LogP contribution in [0.1, 0.15) is 37.8 Å². The first-order valence-corrected chi connectivity index (χ1v) is 12.6. The van der Waals surface area contributed by atoms with E-state index in [0.717, 1.165) is 55.8 Å². The van der Waals surface area contributed by atoms with Gasteiger partial charge in [0.25, 0.3) is 0 Å². The lowest BCUT2D eigenvalue weighted by Crippen LogP contribution is -2.62. The van der Waals surface area contributed by atoms with E-state index in [2.05, 4.69) is 32.3 Å². The summed E-state index contributed by atoms with van der Waals surface area (Å²) in [5.74, 6) is 0.242. The Morgan fingerprint density at radius 1 is 1.08 bits per heavy atom. The zero-order valence-corrected chi connectivity index (χ0v) is 20.9. The Bertz CT molecular complexity index is 1210. The molecule has 0 bridgehead atoms. The van der Waals surface area contributed by atoms with E-state index in [9.17, 15) is 18.0 Å². The van der Waals surface area contributed by atoms with Crippen LogP contribution in [-0.2, 0) is 12.7 Å². The van der Waals surface area contributed by atoms with Gasteiger partial charge in [0.05, 0.1) is 11.8 Å². The summed E-state index contributed by atoms with van der Waals surface area (Å²) in [6.45, 7) is 7.43. The molecule has 3 aromatic rings. The Morgan fingerprint density at radius 2 is 1.76 bits per heavy atom. The summed E-state index contributed by atoms with van der Waals surface area (Å²) in [6.07, 6.45) is 0.592. The van der Waals surface area contributed by atoms with Gasteiger partial charge in [-0.1, -0.05) is 6.07 Å². The quantitative estimate of drug-likeness (QED) is 0.550. The number of nitrogens with zero attached hydrogens (tertiary/aromatic N) is 5. The molecule has 8 nitrogen and oxygen atoms in total. The number of fused-ring (bicyclic) bond motifs is 1. The normalized spacial score (nSPS) is 22.0. The maximum absolute atomic E-state index is 13.2. The molecule has 2 aliphatic rings. The van der Waals surface area contributed by atoms with Crippen molar-refractivity contribution in [3.8, 4) is 0 Å². The molecule has 1 N–H and O–H groups in total. The molecular formula is C26H31F3N6O2. The van der Waals surface area contributed by atoms with E-state index in [0.29, 0.717) is 13.1 Å². The molecular weight excluding hydrogens is 485 g/mol. The van der Waals surface area contributed by atoms with Crippen molar-refractivity contribution < 1.29 is 22.4 Å². The maximum atomic E-state index is 13.2. The fourth-order valence-electron chi connectivity index (χ4n) is 5.37. The number of anilines is 1. The number of rotatable bonds is 4.